The number of nitrogens with zero attached hydrogens (tertiary/aromatic N) is 1. The molecule has 1 amide bonds. The number of amides is 1. The van der Waals surface area contributed by atoms with Crippen LogP contribution in [0.3, 0.4) is 0 Å². The molecule has 4 nitrogen and oxygen atoms in total. The molecule has 0 saturated heterocycles. The number of rotatable bonds is 5. The summed E-state index contributed by atoms with van der Waals surface area (Å²) in [4.78, 5) is 13.8. The molecule has 4 heteroatoms. The monoisotopic (exact) mass is 236 g/mol. The zero-order valence-electron chi connectivity index (χ0n) is 10.7. The number of aliphatic hydroxyl groups excluding tert-OH is 1. The Hall–Kier alpha value is -1.55. The van der Waals surface area contributed by atoms with Crippen molar-refractivity contribution in [2.45, 2.75) is 13.3 Å². The van der Waals surface area contributed by atoms with Crippen LogP contribution in [0.1, 0.15) is 22.3 Å². The first-order valence-corrected chi connectivity index (χ1v) is 5.73. The molecule has 0 radical (unpaired) electrons. The maximum absolute atomic E-state index is 11.7. The van der Waals surface area contributed by atoms with Crippen LogP contribution in [-0.4, -0.2) is 38.3 Å². The summed E-state index contributed by atoms with van der Waals surface area (Å²) >= 11 is 0. The fourth-order valence-electron chi connectivity index (χ4n) is 1.68. The van der Waals surface area contributed by atoms with Crippen LogP contribution in [0.2, 0.25) is 0 Å². The van der Waals surface area contributed by atoms with E-state index < -0.39 is 0 Å². The van der Waals surface area contributed by atoms with E-state index in [2.05, 4.69) is 5.32 Å². The van der Waals surface area contributed by atoms with E-state index in [-0.39, 0.29) is 12.5 Å². The van der Waals surface area contributed by atoms with E-state index in [0.717, 1.165) is 11.3 Å². The van der Waals surface area contributed by atoms with E-state index in [4.69, 9.17) is 5.11 Å². The van der Waals surface area contributed by atoms with Gasteiger partial charge in [0.25, 0.3) is 5.91 Å². The third-order valence-electron chi connectivity index (χ3n) is 2.56. The van der Waals surface area contributed by atoms with Crippen molar-refractivity contribution in [3.05, 3.63) is 29.3 Å². The maximum Gasteiger partial charge on any atom is 0.251 e. The van der Waals surface area contributed by atoms with Crippen molar-refractivity contribution < 1.29 is 9.90 Å². The Bertz CT molecular complexity index is 389. The van der Waals surface area contributed by atoms with Crippen LogP contribution in [0, 0.1) is 6.92 Å². The van der Waals surface area contributed by atoms with Gasteiger partial charge in [0, 0.05) is 38.5 Å². The second kappa shape index (κ2) is 6.25. The average molecular weight is 236 g/mol. The number of hydrogen-bond acceptors (Lipinski definition) is 3. The summed E-state index contributed by atoms with van der Waals surface area (Å²) in [7, 11) is 3.95. The Morgan fingerprint density at radius 3 is 2.65 bits per heavy atom. The van der Waals surface area contributed by atoms with Crippen molar-refractivity contribution in [1.29, 1.82) is 0 Å². The maximum atomic E-state index is 11.7. The van der Waals surface area contributed by atoms with Gasteiger partial charge in [0.2, 0.25) is 0 Å². The number of benzene rings is 1. The molecule has 0 unspecified atom stereocenters. The van der Waals surface area contributed by atoms with Crippen molar-refractivity contribution in [1.82, 2.24) is 5.32 Å². The minimum atomic E-state index is -0.0909. The van der Waals surface area contributed by atoms with Gasteiger partial charge in [0.15, 0.2) is 0 Å². The van der Waals surface area contributed by atoms with Crippen LogP contribution >= 0.6 is 0 Å². The highest BCUT2D eigenvalue weighted by Gasteiger charge is 2.07. The molecule has 0 spiro atoms. The highest BCUT2D eigenvalue weighted by atomic mass is 16.3. The molecule has 1 rings (SSSR count). The molecule has 0 aliphatic heterocycles. The van der Waals surface area contributed by atoms with E-state index >= 15 is 0 Å². The smallest absolute Gasteiger partial charge is 0.251 e. The molecular formula is C13H20N2O2. The predicted molar refractivity (Wildman–Crippen MR) is 69.5 cm³/mol. The lowest BCUT2D eigenvalue weighted by atomic mass is 10.1. The van der Waals surface area contributed by atoms with Gasteiger partial charge in [-0.05, 0) is 37.1 Å². The van der Waals surface area contributed by atoms with E-state index in [1.54, 1.807) is 0 Å². The molecule has 0 aliphatic carbocycles. The molecule has 2 N–H and O–H groups in total. The lowest BCUT2D eigenvalue weighted by Crippen LogP contribution is -2.25. The van der Waals surface area contributed by atoms with Crippen LogP contribution in [0.25, 0.3) is 0 Å². The first-order valence-electron chi connectivity index (χ1n) is 5.73. The van der Waals surface area contributed by atoms with Crippen molar-refractivity contribution in [2.24, 2.45) is 0 Å². The topological polar surface area (TPSA) is 52.6 Å². The van der Waals surface area contributed by atoms with E-state index in [9.17, 15) is 4.79 Å². The average Bonchev–Trinajstić information content (AvgIpc) is 2.28. The van der Waals surface area contributed by atoms with Crippen molar-refractivity contribution in [2.75, 3.05) is 32.1 Å². The van der Waals surface area contributed by atoms with Gasteiger partial charge in [-0.25, -0.2) is 0 Å². The minimum absolute atomic E-state index is 0.0909. The lowest BCUT2D eigenvalue weighted by molar-refractivity contribution is 0.0951. The van der Waals surface area contributed by atoms with Gasteiger partial charge in [-0.2, -0.15) is 0 Å². The summed E-state index contributed by atoms with van der Waals surface area (Å²) in [6.07, 6.45) is 0.584. The zero-order valence-corrected chi connectivity index (χ0v) is 10.7. The molecule has 0 aliphatic rings. The second-order valence-electron chi connectivity index (χ2n) is 4.23. The van der Waals surface area contributed by atoms with Crippen molar-refractivity contribution in [3.8, 4) is 0 Å². The van der Waals surface area contributed by atoms with Crippen molar-refractivity contribution >= 4 is 11.6 Å². The Morgan fingerprint density at radius 2 is 2.12 bits per heavy atom. The standard InChI is InChI=1S/C13H20N2O2/c1-10-9-11(5-6-12(10)15(2)3)13(17)14-7-4-8-16/h5-6,9,16H,4,7-8H2,1-3H3,(H,14,17). The van der Waals surface area contributed by atoms with E-state index in [1.807, 2.05) is 44.1 Å². The van der Waals surface area contributed by atoms with Gasteiger partial charge >= 0.3 is 0 Å². The second-order valence-corrected chi connectivity index (χ2v) is 4.23. The SMILES string of the molecule is Cc1cc(C(=O)NCCCO)ccc1N(C)C. The minimum Gasteiger partial charge on any atom is -0.396 e. The van der Waals surface area contributed by atoms with Crippen LogP contribution in [0.5, 0.6) is 0 Å². The third-order valence-corrected chi connectivity index (χ3v) is 2.56. The fourth-order valence-corrected chi connectivity index (χ4v) is 1.68. The number of anilines is 1. The van der Waals surface area contributed by atoms with Gasteiger partial charge in [-0.3, -0.25) is 4.79 Å². The molecular weight excluding hydrogens is 216 g/mol. The molecule has 1 aromatic carbocycles. The number of carbonyl (C=O) groups is 1. The molecule has 0 aromatic heterocycles. The number of carbonyl (C=O) groups excluding carboxylic acids is 1. The summed E-state index contributed by atoms with van der Waals surface area (Å²) in [5.41, 5.74) is 2.84. The van der Waals surface area contributed by atoms with Gasteiger partial charge in [0.1, 0.15) is 0 Å². The Balaban J connectivity index is 2.72. The molecule has 0 heterocycles. The third kappa shape index (κ3) is 3.75. The van der Waals surface area contributed by atoms with Crippen LogP contribution < -0.4 is 10.2 Å². The van der Waals surface area contributed by atoms with E-state index in [0.29, 0.717) is 18.5 Å². The summed E-state index contributed by atoms with van der Waals surface area (Å²) in [6.45, 7) is 2.59. The van der Waals surface area contributed by atoms with Gasteiger partial charge < -0.3 is 15.3 Å². The number of aryl methyl sites for hydroxylation is 1. The first-order chi connectivity index (χ1) is 8.06. The number of hydrogen-bond donors (Lipinski definition) is 2. The quantitative estimate of drug-likeness (QED) is 0.755. The molecule has 0 fully saturated rings. The van der Waals surface area contributed by atoms with Gasteiger partial charge in [-0.15, -0.1) is 0 Å². The van der Waals surface area contributed by atoms with Gasteiger partial charge in [-0.1, -0.05) is 0 Å². The normalized spacial score (nSPS) is 10.1. The van der Waals surface area contributed by atoms with Crippen molar-refractivity contribution in [3.63, 3.8) is 0 Å². The predicted octanol–water partition coefficient (Wildman–Crippen LogP) is 1.17. The summed E-state index contributed by atoms with van der Waals surface area (Å²) in [6, 6.07) is 5.64. The number of nitrogens with one attached hydrogen (secondary N) is 1. The van der Waals surface area contributed by atoms with Crippen LogP contribution in [0.4, 0.5) is 5.69 Å². The molecule has 0 bridgehead atoms. The highest BCUT2D eigenvalue weighted by molar-refractivity contribution is 5.94. The van der Waals surface area contributed by atoms with E-state index in [1.165, 1.54) is 0 Å². The largest absolute Gasteiger partial charge is 0.396 e. The highest BCUT2D eigenvalue weighted by Crippen LogP contribution is 2.18. The van der Waals surface area contributed by atoms with Crippen LogP contribution in [-0.2, 0) is 0 Å². The Morgan fingerprint density at radius 1 is 1.41 bits per heavy atom. The van der Waals surface area contributed by atoms with Gasteiger partial charge in [0.05, 0.1) is 0 Å². The molecule has 17 heavy (non-hydrogen) atoms. The molecule has 94 valence electrons. The first kappa shape index (κ1) is 13.5. The lowest BCUT2D eigenvalue weighted by Gasteiger charge is -2.16. The molecule has 1 aromatic rings. The fraction of sp³-hybridized carbons (Fsp3) is 0.462. The molecule has 0 saturated carbocycles. The zero-order chi connectivity index (χ0) is 12.8. The van der Waals surface area contributed by atoms with Crippen LogP contribution in [0.15, 0.2) is 18.2 Å². The molecule has 0 atom stereocenters. The number of aliphatic hydroxyl groups is 1. The summed E-state index contributed by atoms with van der Waals surface area (Å²) in [5.74, 6) is -0.0909. The summed E-state index contributed by atoms with van der Waals surface area (Å²) in [5, 5.41) is 11.4. The summed E-state index contributed by atoms with van der Waals surface area (Å²) < 4.78 is 0. The Kier molecular flexibility index (Phi) is 4.97. The Labute approximate surface area is 102 Å².